The number of nitrogens with zero attached hydrogens (tertiary/aromatic N) is 4. The van der Waals surface area contributed by atoms with E-state index in [-0.39, 0.29) is 0 Å². The van der Waals surface area contributed by atoms with Crippen LogP contribution in [0.25, 0.3) is 0 Å². The Morgan fingerprint density at radius 1 is 0.545 bits per heavy atom. The number of benzene rings is 5. The molecular formula is C36H22N4O4. The van der Waals surface area contributed by atoms with Gasteiger partial charge in [-0.15, -0.1) is 0 Å². The number of carbonyl (C=O) groups excluding carboxylic acids is 2. The minimum atomic E-state index is -0.505. The van der Waals surface area contributed by atoms with Gasteiger partial charge in [0.15, 0.2) is 0 Å². The van der Waals surface area contributed by atoms with Crippen molar-refractivity contribution >= 4 is 35.7 Å². The molecule has 5 aromatic rings. The fourth-order valence-electron chi connectivity index (χ4n) is 3.91. The molecule has 0 aliphatic heterocycles. The lowest BCUT2D eigenvalue weighted by Gasteiger charge is -2.04. The molecule has 0 saturated carbocycles. The Hall–Kier alpha value is -6.64. The molecule has 5 aromatic carbocycles. The summed E-state index contributed by atoms with van der Waals surface area (Å²) in [6.07, 6.45) is 3.44. The quantitative estimate of drug-likeness (QED) is 0.108. The fourth-order valence-corrected chi connectivity index (χ4v) is 3.91. The molecule has 0 aromatic heterocycles. The van der Waals surface area contributed by atoms with Crippen LogP contribution in [-0.2, 0) is 0 Å². The topological polar surface area (TPSA) is 125 Å². The smallest absolute Gasteiger partial charge is 0.343 e. The molecule has 0 spiro atoms. The molecule has 0 aliphatic carbocycles. The average Bonchev–Trinajstić information content (AvgIpc) is 3.07. The maximum Gasteiger partial charge on any atom is 0.343 e. The zero-order chi connectivity index (χ0) is 30.7. The summed E-state index contributed by atoms with van der Waals surface area (Å²) in [5, 5.41) is 17.8. The fraction of sp³-hybridized carbons (Fsp3) is 0. The Morgan fingerprint density at radius 2 is 0.932 bits per heavy atom. The number of esters is 2. The number of hydrogen-bond donors (Lipinski definition) is 0. The molecule has 0 amide bonds. The van der Waals surface area contributed by atoms with Gasteiger partial charge in [0, 0.05) is 12.4 Å². The van der Waals surface area contributed by atoms with Crippen molar-refractivity contribution in [3.63, 3.8) is 0 Å². The predicted octanol–water partition coefficient (Wildman–Crippen LogP) is 7.37. The summed E-state index contributed by atoms with van der Waals surface area (Å²) in [5.41, 5.74) is 4.77. The monoisotopic (exact) mass is 574 g/mol. The van der Waals surface area contributed by atoms with E-state index in [9.17, 15) is 9.59 Å². The number of rotatable bonds is 8. The molecule has 0 unspecified atom stereocenters. The first-order valence-corrected chi connectivity index (χ1v) is 13.3. The maximum atomic E-state index is 12.4. The Balaban J connectivity index is 1.16. The summed E-state index contributed by atoms with van der Waals surface area (Å²) in [6, 6.07) is 37.8. The van der Waals surface area contributed by atoms with E-state index in [0.717, 1.165) is 11.1 Å². The average molecular weight is 575 g/mol. The van der Waals surface area contributed by atoms with Crippen molar-refractivity contribution < 1.29 is 19.1 Å². The number of nitriles is 2. The number of carbonyl (C=O) groups is 2. The van der Waals surface area contributed by atoms with Gasteiger partial charge in [-0.2, -0.15) is 10.5 Å². The Bertz CT molecular complexity index is 1790. The first kappa shape index (κ1) is 28.9. The molecule has 0 fully saturated rings. The summed E-state index contributed by atoms with van der Waals surface area (Å²) >= 11 is 0. The summed E-state index contributed by atoms with van der Waals surface area (Å²) in [7, 11) is 0. The zero-order valence-corrected chi connectivity index (χ0v) is 23.1. The van der Waals surface area contributed by atoms with E-state index < -0.39 is 11.9 Å². The van der Waals surface area contributed by atoms with Gasteiger partial charge in [-0.1, -0.05) is 18.2 Å². The molecule has 0 saturated heterocycles. The van der Waals surface area contributed by atoms with E-state index in [0.29, 0.717) is 45.1 Å². The highest BCUT2D eigenvalue weighted by Gasteiger charge is 2.10. The summed E-state index contributed by atoms with van der Waals surface area (Å²) in [4.78, 5) is 33.8. The Labute approximate surface area is 253 Å². The van der Waals surface area contributed by atoms with Crippen molar-refractivity contribution in [2.45, 2.75) is 0 Å². The van der Waals surface area contributed by atoms with E-state index in [1.807, 2.05) is 36.4 Å². The molecule has 44 heavy (non-hydrogen) atoms. The second-order valence-electron chi connectivity index (χ2n) is 9.33. The normalized spacial score (nSPS) is 10.7. The van der Waals surface area contributed by atoms with E-state index in [1.54, 1.807) is 109 Å². The predicted molar refractivity (Wildman–Crippen MR) is 166 cm³/mol. The van der Waals surface area contributed by atoms with Crippen LogP contribution in [0.3, 0.4) is 0 Å². The highest BCUT2D eigenvalue weighted by Crippen LogP contribution is 2.19. The van der Waals surface area contributed by atoms with Gasteiger partial charge in [-0.3, -0.25) is 9.98 Å². The molecule has 0 heterocycles. The van der Waals surface area contributed by atoms with E-state index in [4.69, 9.17) is 20.0 Å². The molecule has 0 N–H and O–H groups in total. The van der Waals surface area contributed by atoms with Gasteiger partial charge in [0.2, 0.25) is 0 Å². The molecule has 0 atom stereocenters. The third-order valence-electron chi connectivity index (χ3n) is 6.23. The molecule has 0 bridgehead atoms. The van der Waals surface area contributed by atoms with Crippen molar-refractivity contribution in [2.24, 2.45) is 9.98 Å². The second-order valence-corrected chi connectivity index (χ2v) is 9.33. The number of ether oxygens (including phenoxy) is 2. The molecule has 8 heteroatoms. The van der Waals surface area contributed by atoms with Crippen molar-refractivity contribution in [3.05, 3.63) is 155 Å². The van der Waals surface area contributed by atoms with E-state index in [2.05, 4.69) is 9.98 Å². The van der Waals surface area contributed by atoms with Crippen molar-refractivity contribution in [3.8, 4) is 23.6 Å². The first-order valence-electron chi connectivity index (χ1n) is 13.3. The Kier molecular flexibility index (Phi) is 9.07. The Morgan fingerprint density at radius 3 is 1.30 bits per heavy atom. The molecular weight excluding hydrogens is 552 g/mol. The second kappa shape index (κ2) is 13.8. The van der Waals surface area contributed by atoms with E-state index in [1.165, 1.54) is 0 Å². The molecule has 0 aliphatic rings. The van der Waals surface area contributed by atoms with Gasteiger partial charge in [0.05, 0.1) is 45.8 Å². The van der Waals surface area contributed by atoms with Crippen LogP contribution in [-0.4, -0.2) is 24.4 Å². The van der Waals surface area contributed by atoms with Crippen LogP contribution >= 0.6 is 0 Å². The zero-order valence-electron chi connectivity index (χ0n) is 23.1. The largest absolute Gasteiger partial charge is 0.423 e. The van der Waals surface area contributed by atoms with Crippen molar-refractivity contribution in [1.29, 1.82) is 10.5 Å². The van der Waals surface area contributed by atoms with E-state index >= 15 is 0 Å². The third-order valence-corrected chi connectivity index (χ3v) is 6.23. The van der Waals surface area contributed by atoms with Gasteiger partial charge >= 0.3 is 11.9 Å². The lowest BCUT2D eigenvalue weighted by atomic mass is 10.1. The summed E-state index contributed by atoms with van der Waals surface area (Å²) < 4.78 is 10.7. The lowest BCUT2D eigenvalue weighted by molar-refractivity contribution is 0.0725. The first-order chi connectivity index (χ1) is 21.5. The molecule has 8 nitrogen and oxygen atoms in total. The van der Waals surface area contributed by atoms with Crippen LogP contribution in [0, 0.1) is 22.7 Å². The van der Waals surface area contributed by atoms with Crippen molar-refractivity contribution in [1.82, 2.24) is 0 Å². The maximum absolute atomic E-state index is 12.4. The van der Waals surface area contributed by atoms with Gasteiger partial charge < -0.3 is 9.47 Å². The minimum Gasteiger partial charge on any atom is -0.423 e. The van der Waals surface area contributed by atoms with Crippen LogP contribution < -0.4 is 9.47 Å². The van der Waals surface area contributed by atoms with Crippen molar-refractivity contribution in [2.75, 3.05) is 0 Å². The third kappa shape index (κ3) is 7.76. The van der Waals surface area contributed by atoms with Gasteiger partial charge in [0.25, 0.3) is 0 Å². The molecule has 0 radical (unpaired) electrons. The highest BCUT2D eigenvalue weighted by atomic mass is 16.5. The summed E-state index contributed by atoms with van der Waals surface area (Å²) in [6.45, 7) is 0. The lowest BCUT2D eigenvalue weighted by Crippen LogP contribution is -2.08. The minimum absolute atomic E-state index is 0.359. The number of aliphatic imine (C=N–C) groups is 2. The van der Waals surface area contributed by atoms with Crippen LogP contribution in [0.5, 0.6) is 11.5 Å². The molecule has 5 rings (SSSR count). The highest BCUT2D eigenvalue weighted by molar-refractivity contribution is 5.93. The summed E-state index contributed by atoms with van der Waals surface area (Å²) in [5.74, 6) is -0.292. The standard InChI is InChI=1S/C36H22N4O4/c37-21-25-4-16-33(17-5-25)43-35(41)29-8-12-31(13-9-29)39-23-27-2-1-3-28(20-27)24-40-32-14-10-30(11-15-32)36(42)44-34-18-6-26(22-38)7-19-34/h1-20,23-24H. The van der Waals surface area contributed by atoms with Crippen LogP contribution in [0.1, 0.15) is 43.0 Å². The van der Waals surface area contributed by atoms with Crippen LogP contribution in [0.4, 0.5) is 11.4 Å². The van der Waals surface area contributed by atoms with Crippen LogP contribution in [0.2, 0.25) is 0 Å². The number of hydrogen-bond acceptors (Lipinski definition) is 8. The molecule has 210 valence electrons. The van der Waals surface area contributed by atoms with Gasteiger partial charge in [0.1, 0.15) is 11.5 Å². The van der Waals surface area contributed by atoms with Gasteiger partial charge in [-0.25, -0.2) is 9.59 Å². The van der Waals surface area contributed by atoms with Crippen LogP contribution in [0.15, 0.2) is 131 Å². The SMILES string of the molecule is N#Cc1ccc(OC(=O)c2ccc(N=Cc3cccc(C=Nc4ccc(C(=O)Oc5ccc(C#N)cc5)cc4)c3)cc2)cc1. The van der Waals surface area contributed by atoms with Gasteiger partial charge in [-0.05, 0) is 114 Å².